The largest absolute Gasteiger partial charge is 0.373 e. The van der Waals surface area contributed by atoms with Crippen molar-refractivity contribution in [2.45, 2.75) is 46.4 Å². The topological polar surface area (TPSA) is 41.6 Å². The Labute approximate surface area is 153 Å². The number of morpholine rings is 1. The van der Waals surface area contributed by atoms with Crippen LogP contribution in [0, 0.1) is 13.8 Å². The van der Waals surface area contributed by atoms with E-state index in [4.69, 9.17) is 4.74 Å². The molecule has 0 spiro atoms. The lowest BCUT2D eigenvalue weighted by Gasteiger charge is -2.35. The van der Waals surface area contributed by atoms with Gasteiger partial charge < -0.3 is 10.1 Å². The van der Waals surface area contributed by atoms with Gasteiger partial charge in [-0.2, -0.15) is 0 Å². The molecule has 4 nitrogen and oxygen atoms in total. The van der Waals surface area contributed by atoms with Crippen molar-refractivity contribution in [2.75, 3.05) is 18.4 Å². The van der Waals surface area contributed by atoms with E-state index in [0.717, 1.165) is 24.6 Å². The number of anilines is 1. The molecule has 3 rings (SSSR count). The van der Waals surface area contributed by atoms with E-state index in [1.165, 1.54) is 16.0 Å². The summed E-state index contributed by atoms with van der Waals surface area (Å²) in [6.45, 7) is 11.2. The van der Waals surface area contributed by atoms with Gasteiger partial charge in [-0.3, -0.25) is 9.69 Å². The highest BCUT2D eigenvalue weighted by Gasteiger charge is 2.25. The lowest BCUT2D eigenvalue weighted by molar-refractivity contribution is -0.0704. The number of hydrogen-bond donors (Lipinski definition) is 1. The minimum absolute atomic E-state index is 0.0492. The molecule has 1 aromatic heterocycles. The number of nitrogens with one attached hydrogen (secondary N) is 1. The number of amides is 1. The van der Waals surface area contributed by atoms with E-state index in [9.17, 15) is 4.79 Å². The second-order valence-corrected chi connectivity index (χ2v) is 8.09. The molecule has 1 aliphatic heterocycles. The van der Waals surface area contributed by atoms with Crippen LogP contribution in [-0.4, -0.2) is 36.1 Å². The molecule has 1 saturated heterocycles. The maximum atomic E-state index is 12.5. The average Bonchev–Trinajstić information content (AvgIpc) is 2.82. The van der Waals surface area contributed by atoms with Crippen LogP contribution in [0.1, 0.15) is 40.2 Å². The lowest BCUT2D eigenvalue weighted by atomic mass is 10.1. The molecule has 0 bridgehead atoms. The van der Waals surface area contributed by atoms with Crippen LogP contribution in [0.5, 0.6) is 0 Å². The van der Waals surface area contributed by atoms with Crippen molar-refractivity contribution in [3.05, 3.63) is 51.9 Å². The summed E-state index contributed by atoms with van der Waals surface area (Å²) in [5, 5.41) is 4.09. The van der Waals surface area contributed by atoms with Gasteiger partial charge in [-0.15, -0.1) is 11.3 Å². The highest BCUT2D eigenvalue weighted by molar-refractivity contribution is 7.16. The number of carbonyl (C=O) groups excluding carboxylic acids is 1. The molecular formula is C20H26N2O2S. The molecule has 1 aliphatic rings. The molecule has 25 heavy (non-hydrogen) atoms. The van der Waals surface area contributed by atoms with Crippen molar-refractivity contribution in [3.63, 3.8) is 0 Å². The standard InChI is InChI=1S/C20H26N2O2S/c1-13-10-22(11-14(2)24-13)12-18-15(3)16(4)25-20(18)21-19(23)17-8-6-5-7-9-17/h5-9,13-14H,10-12H2,1-4H3,(H,21,23). The zero-order valence-corrected chi connectivity index (χ0v) is 16.2. The number of carbonyl (C=O) groups is 1. The Kier molecular flexibility index (Phi) is 5.57. The third-order valence-electron chi connectivity index (χ3n) is 4.65. The number of aryl methyl sites for hydroxylation is 1. The molecule has 134 valence electrons. The summed E-state index contributed by atoms with van der Waals surface area (Å²) in [4.78, 5) is 16.2. The van der Waals surface area contributed by atoms with E-state index in [2.05, 4.69) is 37.9 Å². The Bertz CT molecular complexity index is 732. The van der Waals surface area contributed by atoms with Crippen LogP contribution < -0.4 is 5.32 Å². The zero-order chi connectivity index (χ0) is 18.0. The fourth-order valence-corrected chi connectivity index (χ4v) is 4.43. The van der Waals surface area contributed by atoms with Crippen LogP contribution in [0.2, 0.25) is 0 Å². The van der Waals surface area contributed by atoms with Crippen molar-refractivity contribution >= 4 is 22.2 Å². The van der Waals surface area contributed by atoms with Crippen LogP contribution in [0.25, 0.3) is 0 Å². The Hall–Kier alpha value is -1.69. The maximum absolute atomic E-state index is 12.5. The molecule has 0 radical (unpaired) electrons. The summed E-state index contributed by atoms with van der Waals surface area (Å²) in [5.74, 6) is -0.0492. The minimum atomic E-state index is -0.0492. The van der Waals surface area contributed by atoms with Gasteiger partial charge in [0, 0.05) is 35.6 Å². The highest BCUT2D eigenvalue weighted by atomic mass is 32.1. The van der Waals surface area contributed by atoms with Crippen molar-refractivity contribution in [1.29, 1.82) is 0 Å². The Morgan fingerprint density at radius 3 is 2.48 bits per heavy atom. The number of benzene rings is 1. The summed E-state index contributed by atoms with van der Waals surface area (Å²) in [7, 11) is 0. The predicted octanol–water partition coefficient (Wildman–Crippen LogP) is 4.23. The first-order valence-corrected chi connectivity index (χ1v) is 9.58. The Morgan fingerprint density at radius 1 is 1.20 bits per heavy atom. The van der Waals surface area contributed by atoms with Crippen LogP contribution in [0.15, 0.2) is 30.3 Å². The van der Waals surface area contributed by atoms with E-state index in [1.807, 2.05) is 30.3 Å². The van der Waals surface area contributed by atoms with Gasteiger partial charge in [0.25, 0.3) is 5.91 Å². The summed E-state index contributed by atoms with van der Waals surface area (Å²) in [6, 6.07) is 9.37. The molecular weight excluding hydrogens is 332 g/mol. The second kappa shape index (κ2) is 7.68. The van der Waals surface area contributed by atoms with Gasteiger partial charge in [0.15, 0.2) is 0 Å². The van der Waals surface area contributed by atoms with Gasteiger partial charge in [0.1, 0.15) is 5.00 Å². The molecule has 2 heterocycles. The predicted molar refractivity (Wildman–Crippen MR) is 103 cm³/mol. The quantitative estimate of drug-likeness (QED) is 0.889. The van der Waals surface area contributed by atoms with E-state index < -0.39 is 0 Å². The number of ether oxygens (including phenoxy) is 1. The van der Waals surface area contributed by atoms with Gasteiger partial charge in [0.05, 0.1) is 12.2 Å². The molecule has 1 N–H and O–H groups in total. The summed E-state index contributed by atoms with van der Waals surface area (Å²) in [5.41, 5.74) is 3.19. The molecule has 2 atom stereocenters. The van der Waals surface area contributed by atoms with Crippen molar-refractivity contribution in [3.8, 4) is 0 Å². The van der Waals surface area contributed by atoms with Crippen molar-refractivity contribution < 1.29 is 9.53 Å². The van der Waals surface area contributed by atoms with Crippen LogP contribution in [0.3, 0.4) is 0 Å². The molecule has 1 aromatic carbocycles. The first-order chi connectivity index (χ1) is 11.9. The second-order valence-electron chi connectivity index (χ2n) is 6.86. The normalized spacial score (nSPS) is 21.3. The SMILES string of the molecule is Cc1sc(NC(=O)c2ccccc2)c(CN2CC(C)OC(C)C2)c1C. The monoisotopic (exact) mass is 358 g/mol. The molecule has 2 unspecified atom stereocenters. The van der Waals surface area contributed by atoms with Crippen LogP contribution >= 0.6 is 11.3 Å². The number of thiophene rings is 1. The minimum Gasteiger partial charge on any atom is -0.373 e. The smallest absolute Gasteiger partial charge is 0.256 e. The summed E-state index contributed by atoms with van der Waals surface area (Å²) < 4.78 is 5.83. The first-order valence-electron chi connectivity index (χ1n) is 8.77. The van der Waals surface area contributed by atoms with Crippen LogP contribution in [-0.2, 0) is 11.3 Å². The van der Waals surface area contributed by atoms with Gasteiger partial charge in [-0.25, -0.2) is 0 Å². The highest BCUT2D eigenvalue weighted by Crippen LogP contribution is 2.34. The van der Waals surface area contributed by atoms with E-state index in [0.29, 0.717) is 5.56 Å². The fourth-order valence-electron chi connectivity index (χ4n) is 3.37. The van der Waals surface area contributed by atoms with E-state index >= 15 is 0 Å². The number of nitrogens with zero attached hydrogens (tertiary/aromatic N) is 1. The average molecular weight is 359 g/mol. The van der Waals surface area contributed by atoms with Gasteiger partial charge in [-0.05, 0) is 45.4 Å². The van der Waals surface area contributed by atoms with Crippen LogP contribution in [0.4, 0.5) is 5.00 Å². The molecule has 1 amide bonds. The van der Waals surface area contributed by atoms with Gasteiger partial charge in [-0.1, -0.05) is 18.2 Å². The molecule has 2 aromatic rings. The maximum Gasteiger partial charge on any atom is 0.256 e. The number of hydrogen-bond acceptors (Lipinski definition) is 4. The molecule has 1 fully saturated rings. The number of rotatable bonds is 4. The first kappa shape index (κ1) is 18.1. The van der Waals surface area contributed by atoms with E-state index in [1.54, 1.807) is 11.3 Å². The van der Waals surface area contributed by atoms with E-state index in [-0.39, 0.29) is 18.1 Å². The molecule has 0 aliphatic carbocycles. The third-order valence-corrected chi connectivity index (χ3v) is 5.81. The fraction of sp³-hybridized carbons (Fsp3) is 0.450. The third kappa shape index (κ3) is 4.29. The lowest BCUT2D eigenvalue weighted by Crippen LogP contribution is -2.44. The van der Waals surface area contributed by atoms with Gasteiger partial charge in [0.2, 0.25) is 0 Å². The summed E-state index contributed by atoms with van der Waals surface area (Å²) in [6.07, 6.45) is 0.484. The summed E-state index contributed by atoms with van der Waals surface area (Å²) >= 11 is 1.66. The molecule has 5 heteroatoms. The molecule has 0 saturated carbocycles. The Balaban J connectivity index is 1.79. The van der Waals surface area contributed by atoms with Crippen molar-refractivity contribution in [2.24, 2.45) is 0 Å². The van der Waals surface area contributed by atoms with Crippen molar-refractivity contribution in [1.82, 2.24) is 4.90 Å². The Morgan fingerprint density at radius 2 is 1.84 bits per heavy atom. The zero-order valence-electron chi connectivity index (χ0n) is 15.3. The van der Waals surface area contributed by atoms with Gasteiger partial charge >= 0.3 is 0 Å².